The van der Waals surface area contributed by atoms with Crippen LogP contribution in [0.5, 0.6) is 11.5 Å². The van der Waals surface area contributed by atoms with Crippen molar-refractivity contribution in [3.63, 3.8) is 0 Å². The van der Waals surface area contributed by atoms with Gasteiger partial charge in [0.25, 0.3) is 0 Å². The molecule has 0 radical (unpaired) electrons. The van der Waals surface area contributed by atoms with Crippen LogP contribution in [0.4, 0.5) is 11.4 Å². The van der Waals surface area contributed by atoms with Crippen LogP contribution in [-0.4, -0.2) is 43.2 Å². The SMILES string of the molecule is O=C(O)c1ccc2c(c1)C1(OC2=O)c2ccc(N3CCC3)cc2Oc2cc(N3CCC3)ccc21. The smallest absolute Gasteiger partial charge is 0.340 e. The summed E-state index contributed by atoms with van der Waals surface area (Å²) < 4.78 is 12.6. The molecule has 7 nitrogen and oxygen atoms in total. The number of anilines is 2. The summed E-state index contributed by atoms with van der Waals surface area (Å²) in [6.45, 7) is 4.00. The van der Waals surface area contributed by atoms with Gasteiger partial charge in [-0.1, -0.05) is 0 Å². The van der Waals surface area contributed by atoms with Crippen LogP contribution < -0.4 is 14.5 Å². The summed E-state index contributed by atoms with van der Waals surface area (Å²) in [5, 5.41) is 9.66. The van der Waals surface area contributed by atoms with Gasteiger partial charge in [0.15, 0.2) is 5.60 Å². The number of carboxylic acid groups (broad SMARTS) is 1. The van der Waals surface area contributed by atoms with E-state index in [4.69, 9.17) is 9.47 Å². The fourth-order valence-corrected chi connectivity index (χ4v) is 5.37. The summed E-state index contributed by atoms with van der Waals surface area (Å²) in [7, 11) is 0. The van der Waals surface area contributed by atoms with E-state index in [9.17, 15) is 14.7 Å². The Labute approximate surface area is 196 Å². The van der Waals surface area contributed by atoms with Crippen molar-refractivity contribution in [2.75, 3.05) is 36.0 Å². The van der Waals surface area contributed by atoms with Crippen molar-refractivity contribution in [3.05, 3.63) is 82.4 Å². The van der Waals surface area contributed by atoms with Crippen molar-refractivity contribution in [2.24, 2.45) is 0 Å². The molecular weight excluding hydrogens is 432 g/mol. The summed E-state index contributed by atoms with van der Waals surface area (Å²) in [5.74, 6) is -0.270. The molecule has 34 heavy (non-hydrogen) atoms. The van der Waals surface area contributed by atoms with E-state index in [1.807, 2.05) is 36.4 Å². The van der Waals surface area contributed by atoms with Crippen LogP contribution in [0, 0.1) is 0 Å². The topological polar surface area (TPSA) is 79.3 Å². The number of fused-ring (bicyclic) bond motifs is 6. The molecule has 1 spiro atoms. The largest absolute Gasteiger partial charge is 0.478 e. The number of aromatic carboxylic acids is 1. The van der Waals surface area contributed by atoms with Crippen LogP contribution in [0.3, 0.4) is 0 Å². The molecule has 1 N–H and O–H groups in total. The van der Waals surface area contributed by atoms with Crippen molar-refractivity contribution in [3.8, 4) is 11.5 Å². The summed E-state index contributed by atoms with van der Waals surface area (Å²) >= 11 is 0. The molecule has 2 fully saturated rings. The van der Waals surface area contributed by atoms with E-state index in [-0.39, 0.29) is 5.56 Å². The number of nitrogens with zero attached hydrogens (tertiary/aromatic N) is 2. The van der Waals surface area contributed by atoms with Gasteiger partial charge in [-0.05, 0) is 55.3 Å². The first-order valence-corrected chi connectivity index (χ1v) is 11.6. The average Bonchev–Trinajstić information content (AvgIpc) is 3.04. The monoisotopic (exact) mass is 454 g/mol. The molecule has 7 heteroatoms. The van der Waals surface area contributed by atoms with Gasteiger partial charge in [-0.3, -0.25) is 0 Å². The molecule has 7 rings (SSSR count). The van der Waals surface area contributed by atoms with Crippen LogP contribution in [0.15, 0.2) is 54.6 Å². The minimum atomic E-state index is -1.26. The fraction of sp³-hybridized carbons (Fsp3) is 0.259. The van der Waals surface area contributed by atoms with Gasteiger partial charge in [-0.15, -0.1) is 0 Å². The molecule has 4 aliphatic heterocycles. The minimum absolute atomic E-state index is 0.111. The molecule has 4 heterocycles. The molecule has 2 saturated heterocycles. The van der Waals surface area contributed by atoms with Gasteiger partial charge < -0.3 is 24.4 Å². The second-order valence-electron chi connectivity index (χ2n) is 9.28. The molecule has 170 valence electrons. The zero-order valence-corrected chi connectivity index (χ0v) is 18.4. The number of carboxylic acids is 1. The molecule has 3 aromatic rings. The maximum atomic E-state index is 13.1. The number of hydrogen-bond acceptors (Lipinski definition) is 6. The Morgan fingerprint density at radius 2 is 1.38 bits per heavy atom. The van der Waals surface area contributed by atoms with Gasteiger partial charge in [0.05, 0.1) is 11.1 Å². The zero-order chi connectivity index (χ0) is 23.0. The molecule has 0 aromatic heterocycles. The highest BCUT2D eigenvalue weighted by atomic mass is 16.6. The summed E-state index contributed by atoms with van der Waals surface area (Å²) in [6.07, 6.45) is 2.32. The zero-order valence-electron chi connectivity index (χ0n) is 18.4. The van der Waals surface area contributed by atoms with E-state index >= 15 is 0 Å². The third-order valence-corrected chi connectivity index (χ3v) is 7.46. The lowest BCUT2D eigenvalue weighted by Crippen LogP contribution is -2.38. The van der Waals surface area contributed by atoms with Crippen LogP contribution >= 0.6 is 0 Å². The maximum Gasteiger partial charge on any atom is 0.340 e. The van der Waals surface area contributed by atoms with Gasteiger partial charge in [-0.2, -0.15) is 0 Å². The van der Waals surface area contributed by atoms with Crippen molar-refractivity contribution < 1.29 is 24.2 Å². The lowest BCUT2D eigenvalue weighted by atomic mass is 9.77. The predicted octanol–water partition coefficient (Wildman–Crippen LogP) is 4.37. The Hall–Kier alpha value is -4.00. The fourth-order valence-electron chi connectivity index (χ4n) is 5.37. The molecule has 3 aromatic carbocycles. The number of ether oxygens (including phenoxy) is 2. The average molecular weight is 454 g/mol. The van der Waals surface area contributed by atoms with E-state index in [1.54, 1.807) is 12.1 Å². The van der Waals surface area contributed by atoms with Crippen LogP contribution in [0.25, 0.3) is 0 Å². The van der Waals surface area contributed by atoms with Gasteiger partial charge >= 0.3 is 11.9 Å². The Balaban J connectivity index is 1.48. The first-order valence-electron chi connectivity index (χ1n) is 11.6. The molecular formula is C27H22N2O5. The summed E-state index contributed by atoms with van der Waals surface area (Å²) in [4.78, 5) is 29.4. The van der Waals surface area contributed by atoms with Gasteiger partial charge in [-0.25, -0.2) is 9.59 Å². The van der Waals surface area contributed by atoms with E-state index in [1.165, 1.54) is 6.07 Å². The van der Waals surface area contributed by atoms with Gasteiger partial charge in [0.1, 0.15) is 11.5 Å². The highest BCUT2D eigenvalue weighted by Gasteiger charge is 2.54. The second kappa shape index (κ2) is 6.76. The molecule has 0 aliphatic carbocycles. The molecule has 0 unspecified atom stereocenters. The highest BCUT2D eigenvalue weighted by Crippen LogP contribution is 2.57. The first kappa shape index (κ1) is 19.5. The Morgan fingerprint density at radius 1 is 0.794 bits per heavy atom. The second-order valence-corrected chi connectivity index (χ2v) is 9.28. The Bertz CT molecular complexity index is 1330. The number of carbonyl (C=O) groups excluding carboxylic acids is 1. The normalized spacial score (nSPS) is 18.8. The highest BCUT2D eigenvalue weighted by molar-refractivity contribution is 5.99. The predicted molar refractivity (Wildman–Crippen MR) is 125 cm³/mol. The van der Waals surface area contributed by atoms with E-state index < -0.39 is 17.5 Å². The van der Waals surface area contributed by atoms with Crippen LogP contribution in [0.2, 0.25) is 0 Å². The Kier molecular flexibility index (Phi) is 3.87. The summed E-state index contributed by atoms with van der Waals surface area (Å²) in [6, 6.07) is 16.5. The van der Waals surface area contributed by atoms with Crippen molar-refractivity contribution in [1.29, 1.82) is 0 Å². The standard InChI is InChI=1S/C27H22N2O5/c30-25(31)16-3-6-19-22(13-16)27(34-26(19)32)20-7-4-17(28-9-1-10-28)14-23(20)33-24-15-18(5-8-21(24)27)29-11-2-12-29/h3-8,13-15H,1-2,9-12H2,(H,30,31). The molecule has 4 aliphatic rings. The number of benzene rings is 3. The lowest BCUT2D eigenvalue weighted by molar-refractivity contribution is 0.0224. The van der Waals surface area contributed by atoms with Gasteiger partial charge in [0, 0.05) is 66.4 Å². The van der Waals surface area contributed by atoms with Gasteiger partial charge in [0.2, 0.25) is 0 Å². The number of rotatable bonds is 3. The number of carbonyl (C=O) groups is 2. The number of hydrogen-bond donors (Lipinski definition) is 1. The molecule has 0 saturated carbocycles. The molecule has 0 atom stereocenters. The Morgan fingerprint density at radius 3 is 1.88 bits per heavy atom. The first-order chi connectivity index (χ1) is 16.5. The third-order valence-electron chi connectivity index (χ3n) is 7.46. The van der Waals surface area contributed by atoms with E-state index in [0.29, 0.717) is 33.8 Å². The van der Waals surface area contributed by atoms with E-state index in [2.05, 4.69) is 9.80 Å². The number of esters is 1. The minimum Gasteiger partial charge on any atom is -0.478 e. The molecule has 0 amide bonds. The van der Waals surface area contributed by atoms with Crippen LogP contribution in [-0.2, 0) is 10.3 Å². The van der Waals surface area contributed by atoms with Crippen LogP contribution in [0.1, 0.15) is 50.2 Å². The van der Waals surface area contributed by atoms with Crippen molar-refractivity contribution >= 4 is 23.3 Å². The lowest BCUT2D eigenvalue weighted by Gasteiger charge is -2.39. The quantitative estimate of drug-likeness (QED) is 0.589. The third kappa shape index (κ3) is 2.52. The maximum absolute atomic E-state index is 13.1. The molecule has 0 bridgehead atoms. The van der Waals surface area contributed by atoms with Crippen molar-refractivity contribution in [2.45, 2.75) is 18.4 Å². The van der Waals surface area contributed by atoms with E-state index in [0.717, 1.165) is 50.4 Å². The van der Waals surface area contributed by atoms with Crippen molar-refractivity contribution in [1.82, 2.24) is 0 Å². The summed E-state index contributed by atoms with van der Waals surface area (Å²) in [5.41, 5.74) is 3.30.